The van der Waals surface area contributed by atoms with Crippen molar-refractivity contribution in [1.82, 2.24) is 4.90 Å². The van der Waals surface area contributed by atoms with Gasteiger partial charge in [0.15, 0.2) is 0 Å². The molecular formula is C11H22N2O. The Morgan fingerprint density at radius 1 is 1.64 bits per heavy atom. The zero-order chi connectivity index (χ0) is 10.6. The van der Waals surface area contributed by atoms with Crippen LogP contribution in [0.2, 0.25) is 0 Å². The van der Waals surface area contributed by atoms with Gasteiger partial charge in [0.1, 0.15) is 0 Å². The molecule has 0 spiro atoms. The van der Waals surface area contributed by atoms with Gasteiger partial charge in [-0.1, -0.05) is 13.8 Å². The first kappa shape index (κ1) is 11.5. The Morgan fingerprint density at radius 2 is 2.36 bits per heavy atom. The third-order valence-corrected chi connectivity index (χ3v) is 3.10. The molecule has 1 aliphatic rings. The molecule has 0 aromatic rings. The van der Waals surface area contributed by atoms with Gasteiger partial charge in [-0.3, -0.25) is 4.79 Å². The Hall–Kier alpha value is -0.570. The maximum Gasteiger partial charge on any atom is 0.226 e. The van der Waals surface area contributed by atoms with Crippen LogP contribution in [0.25, 0.3) is 0 Å². The second-order valence-electron chi connectivity index (χ2n) is 4.37. The lowest BCUT2D eigenvalue weighted by Crippen LogP contribution is -2.44. The van der Waals surface area contributed by atoms with Gasteiger partial charge >= 0.3 is 0 Å². The summed E-state index contributed by atoms with van der Waals surface area (Å²) in [5, 5.41) is 0. The summed E-state index contributed by atoms with van der Waals surface area (Å²) in [6.45, 7) is 6.58. The monoisotopic (exact) mass is 198 g/mol. The predicted molar refractivity (Wildman–Crippen MR) is 57.8 cm³/mol. The summed E-state index contributed by atoms with van der Waals surface area (Å²) in [4.78, 5) is 13.9. The molecular weight excluding hydrogens is 176 g/mol. The molecule has 2 atom stereocenters. The van der Waals surface area contributed by atoms with E-state index in [0.29, 0.717) is 12.5 Å². The number of piperidine rings is 1. The fraction of sp³-hybridized carbons (Fsp3) is 0.909. The number of nitrogens with zero attached hydrogens (tertiary/aromatic N) is 1. The molecule has 82 valence electrons. The van der Waals surface area contributed by atoms with Crippen LogP contribution in [0, 0.1) is 11.8 Å². The Morgan fingerprint density at radius 3 is 2.86 bits per heavy atom. The van der Waals surface area contributed by atoms with Crippen molar-refractivity contribution < 1.29 is 4.79 Å². The van der Waals surface area contributed by atoms with E-state index in [1.54, 1.807) is 0 Å². The number of hydrogen-bond acceptors (Lipinski definition) is 2. The zero-order valence-corrected chi connectivity index (χ0v) is 9.33. The van der Waals surface area contributed by atoms with Gasteiger partial charge in [-0.2, -0.15) is 0 Å². The first-order valence-electron chi connectivity index (χ1n) is 5.67. The molecule has 0 radical (unpaired) electrons. The van der Waals surface area contributed by atoms with Gasteiger partial charge in [-0.15, -0.1) is 0 Å². The molecule has 0 aromatic carbocycles. The van der Waals surface area contributed by atoms with Gasteiger partial charge in [0.25, 0.3) is 0 Å². The molecule has 1 rings (SSSR count). The highest BCUT2D eigenvalue weighted by Crippen LogP contribution is 2.18. The molecule has 0 aromatic heterocycles. The van der Waals surface area contributed by atoms with Crippen molar-refractivity contribution in [3.63, 3.8) is 0 Å². The Bertz CT molecular complexity index is 190. The molecule has 3 nitrogen and oxygen atoms in total. The average Bonchev–Trinajstić information content (AvgIpc) is 2.19. The van der Waals surface area contributed by atoms with E-state index in [1.165, 1.54) is 6.42 Å². The summed E-state index contributed by atoms with van der Waals surface area (Å²) in [5.41, 5.74) is 5.58. The van der Waals surface area contributed by atoms with Crippen LogP contribution in [0.4, 0.5) is 0 Å². The van der Waals surface area contributed by atoms with E-state index in [9.17, 15) is 4.79 Å². The maximum absolute atomic E-state index is 12.0. The predicted octanol–water partition coefficient (Wildman–Crippen LogP) is 1.23. The highest BCUT2D eigenvalue weighted by molar-refractivity contribution is 5.79. The number of nitrogens with two attached hydrogens (primary N) is 1. The number of likely N-dealkylation sites (tertiary alicyclic amines) is 1. The van der Waals surface area contributed by atoms with Gasteiger partial charge in [0.05, 0.1) is 5.92 Å². The van der Waals surface area contributed by atoms with E-state index in [2.05, 4.69) is 6.92 Å². The molecule has 1 aliphatic heterocycles. The van der Waals surface area contributed by atoms with Crippen molar-refractivity contribution in [1.29, 1.82) is 0 Å². The van der Waals surface area contributed by atoms with Gasteiger partial charge in [-0.25, -0.2) is 0 Å². The van der Waals surface area contributed by atoms with Gasteiger partial charge < -0.3 is 10.6 Å². The fourth-order valence-electron chi connectivity index (χ4n) is 2.09. The summed E-state index contributed by atoms with van der Waals surface area (Å²) >= 11 is 0. The topological polar surface area (TPSA) is 46.3 Å². The quantitative estimate of drug-likeness (QED) is 0.741. The molecule has 14 heavy (non-hydrogen) atoms. The van der Waals surface area contributed by atoms with Crippen LogP contribution in [-0.4, -0.2) is 30.4 Å². The molecule has 0 aliphatic carbocycles. The lowest BCUT2D eigenvalue weighted by Gasteiger charge is -2.33. The molecule has 1 heterocycles. The highest BCUT2D eigenvalue weighted by Gasteiger charge is 2.25. The fourth-order valence-corrected chi connectivity index (χ4v) is 2.09. The molecule has 0 saturated carbocycles. The van der Waals surface area contributed by atoms with Crippen LogP contribution in [0.5, 0.6) is 0 Å². The molecule has 3 heteroatoms. The maximum atomic E-state index is 12.0. The molecule has 2 unspecified atom stereocenters. The molecule has 2 N–H and O–H groups in total. The highest BCUT2D eigenvalue weighted by atomic mass is 16.2. The van der Waals surface area contributed by atoms with E-state index >= 15 is 0 Å². The van der Waals surface area contributed by atoms with Gasteiger partial charge in [0.2, 0.25) is 5.91 Å². The van der Waals surface area contributed by atoms with Crippen LogP contribution in [0.15, 0.2) is 0 Å². The van der Waals surface area contributed by atoms with E-state index in [4.69, 9.17) is 5.73 Å². The van der Waals surface area contributed by atoms with Gasteiger partial charge in [-0.05, 0) is 25.2 Å². The number of amides is 1. The summed E-state index contributed by atoms with van der Waals surface area (Å²) in [7, 11) is 0. The second-order valence-corrected chi connectivity index (χ2v) is 4.37. The van der Waals surface area contributed by atoms with Crippen LogP contribution in [-0.2, 0) is 4.79 Å². The molecule has 0 bridgehead atoms. The lowest BCUT2D eigenvalue weighted by atomic mass is 9.97. The second kappa shape index (κ2) is 5.35. The van der Waals surface area contributed by atoms with E-state index in [-0.39, 0.29) is 11.8 Å². The number of carbonyl (C=O) groups excluding carboxylic acids is 1. The summed E-state index contributed by atoms with van der Waals surface area (Å²) in [6.07, 6.45) is 3.26. The normalized spacial score (nSPS) is 24.8. The molecule has 1 saturated heterocycles. The number of hydrogen-bond donors (Lipinski definition) is 1. The largest absolute Gasteiger partial charge is 0.342 e. The first-order valence-corrected chi connectivity index (χ1v) is 5.67. The standard InChI is InChI=1S/C11H22N2O/c1-3-10(7-12)11(14)13-6-4-5-9(2)8-13/h9-10H,3-8,12H2,1-2H3. The number of rotatable bonds is 3. The van der Waals surface area contributed by atoms with E-state index in [0.717, 1.165) is 25.9 Å². The first-order chi connectivity index (χ1) is 6.69. The third-order valence-electron chi connectivity index (χ3n) is 3.10. The van der Waals surface area contributed by atoms with Crippen molar-refractivity contribution >= 4 is 5.91 Å². The average molecular weight is 198 g/mol. The van der Waals surface area contributed by atoms with Crippen LogP contribution in [0.1, 0.15) is 33.1 Å². The van der Waals surface area contributed by atoms with Crippen LogP contribution >= 0.6 is 0 Å². The smallest absolute Gasteiger partial charge is 0.226 e. The minimum absolute atomic E-state index is 0.0419. The SMILES string of the molecule is CCC(CN)C(=O)N1CCCC(C)C1. The van der Waals surface area contributed by atoms with E-state index in [1.807, 2.05) is 11.8 Å². The minimum atomic E-state index is 0.0419. The van der Waals surface area contributed by atoms with Crippen LogP contribution in [0.3, 0.4) is 0 Å². The Labute approximate surface area is 86.6 Å². The van der Waals surface area contributed by atoms with Crippen molar-refractivity contribution in [2.24, 2.45) is 17.6 Å². The third kappa shape index (κ3) is 2.71. The number of carbonyl (C=O) groups is 1. The van der Waals surface area contributed by atoms with Crippen molar-refractivity contribution in [3.8, 4) is 0 Å². The summed E-state index contributed by atoms with van der Waals surface area (Å²) in [5.74, 6) is 0.963. The van der Waals surface area contributed by atoms with Crippen LogP contribution < -0.4 is 5.73 Å². The van der Waals surface area contributed by atoms with E-state index < -0.39 is 0 Å². The Kier molecular flexibility index (Phi) is 4.39. The minimum Gasteiger partial charge on any atom is -0.342 e. The van der Waals surface area contributed by atoms with Gasteiger partial charge in [0, 0.05) is 19.6 Å². The molecule has 1 fully saturated rings. The summed E-state index contributed by atoms with van der Waals surface area (Å²) < 4.78 is 0. The van der Waals surface area contributed by atoms with Crippen molar-refractivity contribution in [2.75, 3.05) is 19.6 Å². The molecule has 1 amide bonds. The van der Waals surface area contributed by atoms with Crippen molar-refractivity contribution in [2.45, 2.75) is 33.1 Å². The zero-order valence-electron chi connectivity index (χ0n) is 9.33. The van der Waals surface area contributed by atoms with Crippen molar-refractivity contribution in [3.05, 3.63) is 0 Å². The summed E-state index contributed by atoms with van der Waals surface area (Å²) in [6, 6.07) is 0. The Balaban J connectivity index is 2.50. The lowest BCUT2D eigenvalue weighted by molar-refractivity contribution is -0.137.